The number of non-ortho nitro benzene ring substituents is 1. The van der Waals surface area contributed by atoms with Gasteiger partial charge in [-0.3, -0.25) is 19.7 Å². The second-order valence-corrected chi connectivity index (χ2v) is 6.22. The van der Waals surface area contributed by atoms with Crippen LogP contribution in [0.25, 0.3) is 5.69 Å². The van der Waals surface area contributed by atoms with E-state index in [1.165, 1.54) is 19.2 Å². The van der Waals surface area contributed by atoms with E-state index in [1.807, 2.05) is 30.3 Å². The van der Waals surface area contributed by atoms with E-state index in [9.17, 15) is 19.7 Å². The van der Waals surface area contributed by atoms with Crippen molar-refractivity contribution in [2.45, 2.75) is 13.8 Å². The smallest absolute Gasteiger partial charge is 0.297 e. The van der Waals surface area contributed by atoms with Crippen LogP contribution in [0.1, 0.15) is 21.7 Å². The fourth-order valence-corrected chi connectivity index (χ4v) is 2.99. The van der Waals surface area contributed by atoms with Crippen LogP contribution in [0, 0.1) is 24.0 Å². The van der Waals surface area contributed by atoms with Crippen molar-refractivity contribution in [3.8, 4) is 11.4 Å². The topological polar surface area (TPSA) is 116 Å². The number of hydrogen-bond donors (Lipinski definition) is 1. The number of nitro groups is 1. The van der Waals surface area contributed by atoms with Gasteiger partial charge in [0.15, 0.2) is 0 Å². The van der Waals surface area contributed by atoms with Gasteiger partial charge in [0.05, 0.1) is 40.4 Å². The minimum atomic E-state index is -0.942. The third-order valence-electron chi connectivity index (χ3n) is 4.37. The molecule has 0 saturated carbocycles. The molecule has 1 amide bonds. The van der Waals surface area contributed by atoms with Crippen LogP contribution in [-0.2, 0) is 4.79 Å². The first kappa shape index (κ1) is 19.7. The molecule has 3 aromatic rings. The molecule has 1 N–H and O–H groups in total. The number of anilines is 1. The number of rotatable bonds is 6. The molecule has 2 aromatic carbocycles. The van der Waals surface area contributed by atoms with Crippen molar-refractivity contribution < 1.29 is 19.2 Å². The molecule has 0 spiro atoms. The zero-order chi connectivity index (χ0) is 21.1. The molecule has 0 unspecified atom stereocenters. The monoisotopic (exact) mass is 394 g/mol. The fourth-order valence-electron chi connectivity index (χ4n) is 2.99. The Hall–Kier alpha value is -4.01. The van der Waals surface area contributed by atoms with Gasteiger partial charge in [0, 0.05) is 12.1 Å². The number of para-hydroxylation sites is 1. The maximum Gasteiger partial charge on any atom is 0.297 e. The van der Waals surface area contributed by atoms with Gasteiger partial charge in [0.25, 0.3) is 17.4 Å². The van der Waals surface area contributed by atoms with Crippen molar-refractivity contribution in [1.82, 2.24) is 9.78 Å². The van der Waals surface area contributed by atoms with Crippen molar-refractivity contribution in [3.05, 3.63) is 75.6 Å². The highest BCUT2D eigenvalue weighted by Gasteiger charge is 2.26. The van der Waals surface area contributed by atoms with E-state index >= 15 is 0 Å². The van der Waals surface area contributed by atoms with Gasteiger partial charge in [0.1, 0.15) is 5.75 Å². The van der Waals surface area contributed by atoms with Crippen molar-refractivity contribution in [2.75, 3.05) is 12.4 Å². The highest BCUT2D eigenvalue weighted by Crippen LogP contribution is 2.29. The van der Waals surface area contributed by atoms with Gasteiger partial charge in [-0.1, -0.05) is 18.2 Å². The fraction of sp³-hybridized carbons (Fsp3) is 0.150. The Morgan fingerprint density at radius 1 is 1.14 bits per heavy atom. The summed E-state index contributed by atoms with van der Waals surface area (Å²) in [5, 5.41) is 17.8. The predicted molar refractivity (Wildman–Crippen MR) is 106 cm³/mol. The van der Waals surface area contributed by atoms with Crippen molar-refractivity contribution in [1.29, 1.82) is 0 Å². The quantitative estimate of drug-likeness (QED) is 0.297. The number of aromatic nitrogens is 2. The summed E-state index contributed by atoms with van der Waals surface area (Å²) in [6, 6.07) is 12.9. The number of nitrogens with one attached hydrogen (secondary N) is 1. The number of nitrogens with zero attached hydrogens (tertiary/aromatic N) is 3. The average Bonchev–Trinajstić information content (AvgIpc) is 3.01. The van der Waals surface area contributed by atoms with Gasteiger partial charge in [0.2, 0.25) is 0 Å². The van der Waals surface area contributed by atoms with E-state index < -0.39 is 16.6 Å². The number of ether oxygens (including phenoxy) is 1. The second kappa shape index (κ2) is 7.93. The maximum absolute atomic E-state index is 12.8. The number of methoxy groups -OCH3 is 1. The highest BCUT2D eigenvalue weighted by molar-refractivity contribution is 6.47. The number of hydrogen-bond acceptors (Lipinski definition) is 6. The molecule has 1 heterocycles. The van der Waals surface area contributed by atoms with Gasteiger partial charge < -0.3 is 10.1 Å². The Morgan fingerprint density at radius 2 is 1.83 bits per heavy atom. The van der Waals surface area contributed by atoms with Crippen LogP contribution in [-0.4, -0.2) is 33.5 Å². The first-order valence-corrected chi connectivity index (χ1v) is 8.63. The molecule has 9 nitrogen and oxygen atoms in total. The molecule has 148 valence electrons. The minimum absolute atomic E-state index is 0.0332. The van der Waals surface area contributed by atoms with E-state index in [4.69, 9.17) is 4.74 Å². The number of nitro benzene ring substituents is 1. The van der Waals surface area contributed by atoms with Crippen molar-refractivity contribution >= 4 is 23.1 Å². The summed E-state index contributed by atoms with van der Waals surface area (Å²) in [5.74, 6) is -1.54. The number of aryl methyl sites for hydroxylation is 1. The highest BCUT2D eigenvalue weighted by atomic mass is 16.6. The van der Waals surface area contributed by atoms with E-state index in [1.54, 1.807) is 18.5 Å². The van der Waals surface area contributed by atoms with Crippen LogP contribution < -0.4 is 10.1 Å². The second-order valence-electron chi connectivity index (χ2n) is 6.22. The molecule has 3 rings (SSSR count). The van der Waals surface area contributed by atoms with Crippen molar-refractivity contribution in [2.24, 2.45) is 0 Å². The van der Waals surface area contributed by atoms with Gasteiger partial charge >= 0.3 is 0 Å². The normalized spacial score (nSPS) is 10.4. The lowest BCUT2D eigenvalue weighted by Gasteiger charge is -2.10. The Morgan fingerprint density at radius 3 is 2.45 bits per heavy atom. The zero-order valence-electron chi connectivity index (χ0n) is 16.0. The summed E-state index contributed by atoms with van der Waals surface area (Å²) in [6.45, 7) is 3.34. The Kier molecular flexibility index (Phi) is 5.40. The van der Waals surface area contributed by atoms with Crippen molar-refractivity contribution in [3.63, 3.8) is 0 Å². The molecule has 0 fully saturated rings. The van der Waals surface area contributed by atoms with E-state index in [0.717, 1.165) is 11.8 Å². The predicted octanol–water partition coefficient (Wildman–Crippen LogP) is 3.23. The molecular formula is C20H18N4O5. The number of carbonyl (C=O) groups excluding carboxylic acids is 2. The van der Waals surface area contributed by atoms with E-state index in [2.05, 4.69) is 10.4 Å². The van der Waals surface area contributed by atoms with Gasteiger partial charge in [-0.25, -0.2) is 4.68 Å². The van der Waals surface area contributed by atoms with Gasteiger partial charge in [-0.15, -0.1) is 0 Å². The summed E-state index contributed by atoms with van der Waals surface area (Å²) in [5.41, 5.74) is 1.64. The molecule has 0 atom stereocenters. The number of carbonyl (C=O) groups is 2. The molecule has 0 bridgehead atoms. The first-order valence-electron chi connectivity index (χ1n) is 8.63. The Labute approximate surface area is 166 Å². The largest absolute Gasteiger partial charge is 0.495 e. The van der Waals surface area contributed by atoms with Gasteiger partial charge in [-0.2, -0.15) is 5.10 Å². The molecule has 1 aromatic heterocycles. The standard InChI is InChI=1S/C20H18N4O5/c1-12-18(13(2)23(22-12)14-7-5-4-6-8-14)19(25)20(26)21-16-11-15(24(27)28)9-10-17(16)29-3/h4-11H,1-3H3,(H,21,26). The molecule has 0 aliphatic carbocycles. The lowest BCUT2D eigenvalue weighted by molar-refractivity contribution is -0.384. The Bertz CT molecular complexity index is 1110. The first-order chi connectivity index (χ1) is 13.8. The summed E-state index contributed by atoms with van der Waals surface area (Å²) in [4.78, 5) is 35.8. The molecule has 0 saturated heterocycles. The van der Waals surface area contributed by atoms with Crippen LogP contribution in [0.2, 0.25) is 0 Å². The molecule has 9 heteroatoms. The van der Waals surface area contributed by atoms with Crippen LogP contribution in [0.5, 0.6) is 5.75 Å². The molecule has 0 aliphatic rings. The molecule has 0 aliphatic heterocycles. The minimum Gasteiger partial charge on any atom is -0.495 e. The summed E-state index contributed by atoms with van der Waals surface area (Å²) in [7, 11) is 1.36. The number of amides is 1. The number of benzene rings is 2. The van der Waals surface area contributed by atoms with Gasteiger partial charge in [-0.05, 0) is 32.0 Å². The van der Waals surface area contributed by atoms with Crippen LogP contribution in [0.15, 0.2) is 48.5 Å². The summed E-state index contributed by atoms with van der Waals surface area (Å²) < 4.78 is 6.70. The maximum atomic E-state index is 12.8. The SMILES string of the molecule is COc1ccc([N+](=O)[O-])cc1NC(=O)C(=O)c1c(C)nn(-c2ccccc2)c1C. The van der Waals surface area contributed by atoms with E-state index in [0.29, 0.717) is 11.4 Å². The third kappa shape index (κ3) is 3.84. The van der Waals surface area contributed by atoms with Crippen LogP contribution in [0.4, 0.5) is 11.4 Å². The molecule has 0 radical (unpaired) electrons. The number of ketones is 1. The lowest BCUT2D eigenvalue weighted by atomic mass is 10.1. The Balaban J connectivity index is 1.92. The van der Waals surface area contributed by atoms with Crippen LogP contribution >= 0.6 is 0 Å². The average molecular weight is 394 g/mol. The van der Waals surface area contributed by atoms with E-state index in [-0.39, 0.29) is 22.7 Å². The molecular weight excluding hydrogens is 376 g/mol. The summed E-state index contributed by atoms with van der Waals surface area (Å²) >= 11 is 0. The zero-order valence-corrected chi connectivity index (χ0v) is 16.0. The summed E-state index contributed by atoms with van der Waals surface area (Å²) in [6.07, 6.45) is 0. The third-order valence-corrected chi connectivity index (χ3v) is 4.37. The van der Waals surface area contributed by atoms with Crippen LogP contribution in [0.3, 0.4) is 0 Å². The molecule has 29 heavy (non-hydrogen) atoms. The lowest BCUT2D eigenvalue weighted by Crippen LogP contribution is -2.24. The number of Topliss-reactive ketones (excluding diaryl/α,β-unsaturated/α-hetero) is 1.